The summed E-state index contributed by atoms with van der Waals surface area (Å²) in [6.07, 6.45) is -1.79. The van der Waals surface area contributed by atoms with E-state index in [0.717, 1.165) is 32.5 Å². The minimum Gasteiger partial charge on any atom is -0.506 e. The lowest BCUT2D eigenvalue weighted by Crippen LogP contribution is -2.41. The molecule has 1 aromatic carbocycles. The van der Waals surface area contributed by atoms with E-state index in [-0.39, 0.29) is 6.54 Å². The lowest BCUT2D eigenvalue weighted by Gasteiger charge is -2.18. The first-order chi connectivity index (χ1) is 15.8. The molecule has 2 heterocycles. The van der Waals surface area contributed by atoms with Crippen molar-refractivity contribution in [1.29, 1.82) is 0 Å². The number of phosphoric acid groups is 2. The number of aromatic nitrogens is 2. The molecule has 34 heavy (non-hydrogen) atoms. The Morgan fingerprint density at radius 2 is 1.68 bits per heavy atom. The van der Waals surface area contributed by atoms with E-state index in [2.05, 4.69) is 8.83 Å². The van der Waals surface area contributed by atoms with Crippen molar-refractivity contribution < 1.29 is 47.6 Å². The molecule has 186 valence electrons. The Morgan fingerprint density at radius 1 is 1.03 bits per heavy atom. The van der Waals surface area contributed by atoms with Crippen molar-refractivity contribution in [3.05, 3.63) is 80.0 Å². The van der Waals surface area contributed by atoms with Crippen LogP contribution >= 0.6 is 15.6 Å². The second kappa shape index (κ2) is 9.98. The van der Waals surface area contributed by atoms with Gasteiger partial charge in [-0.2, -0.15) is 4.31 Å². The number of nitrogens with zero attached hydrogens (tertiary/aromatic N) is 2. The standard InChI is InChI=1S/C18H22N2O12P2/c1-11-2-4-12(5-3-11)6-8-19-14(21)7-9-20(18(19)24)17-16(23)15(22)13(31-17)10-30-34(28,29)32-33(25,26)27/h2-5,7,9,13,17,22-23H,6,8,10H2,1H3,(H,28,29)(H2,25,26,27)/t13-,17-/m1/s1. The fourth-order valence-electron chi connectivity index (χ4n) is 3.12. The Balaban J connectivity index is 1.77. The monoisotopic (exact) mass is 520 g/mol. The van der Waals surface area contributed by atoms with Gasteiger partial charge in [-0.3, -0.25) is 18.5 Å². The third kappa shape index (κ3) is 6.32. The topological polar surface area (TPSA) is 207 Å². The molecule has 0 bridgehead atoms. The molecule has 0 spiro atoms. The summed E-state index contributed by atoms with van der Waals surface area (Å²) in [6, 6.07) is 8.55. The van der Waals surface area contributed by atoms with E-state index in [4.69, 9.17) is 14.5 Å². The van der Waals surface area contributed by atoms with Crippen LogP contribution < -0.4 is 11.2 Å². The van der Waals surface area contributed by atoms with Crippen LogP contribution in [0, 0.1) is 6.92 Å². The van der Waals surface area contributed by atoms with Crippen molar-refractivity contribution in [3.63, 3.8) is 0 Å². The summed E-state index contributed by atoms with van der Waals surface area (Å²) in [5.74, 6) is -1.69. The highest BCUT2D eigenvalue weighted by Gasteiger charge is 2.40. The van der Waals surface area contributed by atoms with Crippen LogP contribution in [0.1, 0.15) is 17.4 Å². The number of ether oxygens (including phenoxy) is 1. The Morgan fingerprint density at radius 3 is 2.29 bits per heavy atom. The molecule has 0 radical (unpaired) electrons. The number of phosphoric ester groups is 1. The van der Waals surface area contributed by atoms with Gasteiger partial charge in [0.1, 0.15) is 6.10 Å². The lowest BCUT2D eigenvalue weighted by atomic mass is 10.1. The molecule has 5 N–H and O–H groups in total. The van der Waals surface area contributed by atoms with E-state index in [1.807, 2.05) is 31.2 Å². The quantitative estimate of drug-likeness (QED) is 0.294. The molecule has 0 fully saturated rings. The van der Waals surface area contributed by atoms with E-state index >= 15 is 0 Å². The van der Waals surface area contributed by atoms with Crippen LogP contribution in [0.25, 0.3) is 0 Å². The van der Waals surface area contributed by atoms with Crippen molar-refractivity contribution in [2.24, 2.45) is 0 Å². The summed E-state index contributed by atoms with van der Waals surface area (Å²) in [5, 5.41) is 20.3. The van der Waals surface area contributed by atoms with Gasteiger partial charge in [-0.05, 0) is 18.9 Å². The number of aliphatic hydroxyl groups excluding tert-OH is 2. The molecule has 1 aromatic heterocycles. The Bertz CT molecular complexity index is 1290. The molecule has 0 aliphatic carbocycles. The minimum absolute atomic E-state index is 0.0185. The number of hydrogen-bond acceptors (Lipinski definition) is 9. The van der Waals surface area contributed by atoms with Gasteiger partial charge in [-0.1, -0.05) is 29.8 Å². The molecule has 0 saturated heterocycles. The van der Waals surface area contributed by atoms with E-state index in [9.17, 15) is 33.8 Å². The second-order valence-electron chi connectivity index (χ2n) is 7.32. The number of hydrogen-bond donors (Lipinski definition) is 5. The maximum absolute atomic E-state index is 12.9. The van der Waals surface area contributed by atoms with Gasteiger partial charge in [0.05, 0.1) is 6.61 Å². The molecule has 16 heteroatoms. The number of benzene rings is 1. The molecule has 1 unspecified atom stereocenters. The first-order valence-electron chi connectivity index (χ1n) is 9.66. The highest BCUT2D eigenvalue weighted by atomic mass is 31.3. The fourth-order valence-corrected chi connectivity index (χ4v) is 4.71. The summed E-state index contributed by atoms with van der Waals surface area (Å²) in [6.45, 7) is 0.968. The van der Waals surface area contributed by atoms with Crippen LogP contribution in [-0.2, 0) is 35.7 Å². The zero-order valence-corrected chi connectivity index (χ0v) is 19.4. The molecule has 0 saturated carbocycles. The zero-order valence-electron chi connectivity index (χ0n) is 17.6. The van der Waals surface area contributed by atoms with Crippen molar-refractivity contribution in [2.75, 3.05) is 6.61 Å². The Hall–Kier alpha value is -2.54. The van der Waals surface area contributed by atoms with Crippen LogP contribution in [0.5, 0.6) is 0 Å². The Labute approximate surface area is 191 Å². The van der Waals surface area contributed by atoms with Crippen LogP contribution in [0.2, 0.25) is 0 Å². The fraction of sp³-hybridized carbons (Fsp3) is 0.333. The third-order valence-electron chi connectivity index (χ3n) is 4.79. The first-order valence-corrected chi connectivity index (χ1v) is 12.7. The van der Waals surface area contributed by atoms with E-state index in [1.165, 1.54) is 0 Å². The van der Waals surface area contributed by atoms with Gasteiger partial charge < -0.3 is 29.6 Å². The molecule has 2 aromatic rings. The maximum Gasteiger partial charge on any atom is 0.481 e. The number of rotatable bonds is 9. The van der Waals surface area contributed by atoms with Crippen LogP contribution in [0.4, 0.5) is 0 Å². The molecular formula is C18H22N2O12P2. The van der Waals surface area contributed by atoms with Crippen molar-refractivity contribution in [3.8, 4) is 0 Å². The summed E-state index contributed by atoms with van der Waals surface area (Å²) in [7, 11) is -10.6. The van der Waals surface area contributed by atoms with Crippen LogP contribution in [0.15, 0.2) is 57.6 Å². The van der Waals surface area contributed by atoms with Gasteiger partial charge in [0.25, 0.3) is 5.56 Å². The van der Waals surface area contributed by atoms with E-state index < -0.39 is 57.4 Å². The summed E-state index contributed by atoms with van der Waals surface area (Å²) in [4.78, 5) is 51.7. The van der Waals surface area contributed by atoms with Crippen molar-refractivity contribution in [1.82, 2.24) is 9.13 Å². The molecule has 1 aliphatic heterocycles. The second-order valence-corrected chi connectivity index (χ2v) is 10.1. The molecular weight excluding hydrogens is 498 g/mol. The van der Waals surface area contributed by atoms with Gasteiger partial charge in [0.15, 0.2) is 17.7 Å². The predicted octanol–water partition coefficient (Wildman–Crippen LogP) is 1.01. The average Bonchev–Trinajstić information content (AvgIpc) is 3.00. The third-order valence-corrected chi connectivity index (χ3v) is 6.94. The van der Waals surface area contributed by atoms with Crippen LogP contribution in [0.3, 0.4) is 0 Å². The largest absolute Gasteiger partial charge is 0.506 e. The SMILES string of the molecule is Cc1ccc(CCn2c(=O)ccn([C@@H]3O[C@H](COP(=O)(O)OP(=O)(O)O)C(O)=C3O)c2=O)cc1. The predicted molar refractivity (Wildman–Crippen MR) is 115 cm³/mol. The minimum atomic E-state index is -5.36. The highest BCUT2D eigenvalue weighted by Crippen LogP contribution is 2.57. The smallest absolute Gasteiger partial charge is 0.481 e. The summed E-state index contributed by atoms with van der Waals surface area (Å²) >= 11 is 0. The van der Waals surface area contributed by atoms with Gasteiger partial charge in [0, 0.05) is 18.8 Å². The normalized spacial score (nSPS) is 20.5. The Kier molecular flexibility index (Phi) is 7.65. The molecule has 14 nitrogen and oxygen atoms in total. The summed E-state index contributed by atoms with van der Waals surface area (Å²) < 4.78 is 37.4. The molecule has 3 atom stereocenters. The van der Waals surface area contributed by atoms with Crippen LogP contribution in [-0.4, -0.2) is 46.7 Å². The van der Waals surface area contributed by atoms with Gasteiger partial charge >= 0.3 is 21.3 Å². The highest BCUT2D eigenvalue weighted by molar-refractivity contribution is 7.60. The number of aryl methyl sites for hydroxylation is 2. The van der Waals surface area contributed by atoms with E-state index in [0.29, 0.717) is 6.42 Å². The summed E-state index contributed by atoms with van der Waals surface area (Å²) in [5.41, 5.74) is 0.471. The molecule has 3 rings (SSSR count). The maximum atomic E-state index is 12.9. The van der Waals surface area contributed by atoms with Gasteiger partial charge in [-0.25, -0.2) is 13.9 Å². The van der Waals surface area contributed by atoms with E-state index in [1.54, 1.807) is 0 Å². The average molecular weight is 520 g/mol. The zero-order chi connectivity index (χ0) is 25.3. The van der Waals surface area contributed by atoms with Crippen molar-refractivity contribution >= 4 is 15.6 Å². The van der Waals surface area contributed by atoms with Crippen molar-refractivity contribution in [2.45, 2.75) is 32.2 Å². The van der Waals surface area contributed by atoms with Gasteiger partial charge in [-0.15, -0.1) is 0 Å². The number of aliphatic hydroxyl groups is 2. The molecule has 1 aliphatic rings. The first kappa shape index (κ1) is 26.1. The lowest BCUT2D eigenvalue weighted by molar-refractivity contribution is -0.0368. The molecule has 0 amide bonds. The van der Waals surface area contributed by atoms with Gasteiger partial charge in [0.2, 0.25) is 0 Å².